The molecule has 0 aromatic heterocycles. The van der Waals surface area contributed by atoms with Gasteiger partial charge in [-0.25, -0.2) is 0 Å². The number of ether oxygens (including phenoxy) is 1. The van der Waals surface area contributed by atoms with E-state index in [-0.39, 0.29) is 6.10 Å². The molecule has 1 atom stereocenters. The average molecular weight is 324 g/mol. The summed E-state index contributed by atoms with van der Waals surface area (Å²) in [4.78, 5) is 0. The number of rotatable bonds is 6. The fraction of sp³-hybridized carbons (Fsp3) is 0.294. The molecule has 0 bridgehead atoms. The molecule has 0 heterocycles. The molecule has 2 nitrogen and oxygen atoms in total. The van der Waals surface area contributed by atoms with Gasteiger partial charge in [0.05, 0.1) is 0 Å². The second-order valence-corrected chi connectivity index (χ2v) is 6.06. The van der Waals surface area contributed by atoms with Crippen LogP contribution in [0.1, 0.15) is 25.5 Å². The first kappa shape index (κ1) is 16.2. The molecule has 0 aliphatic rings. The van der Waals surface area contributed by atoms with Crippen LogP contribution in [0.15, 0.2) is 48.5 Å². The number of nitrogens with one attached hydrogen (secondary N) is 1. The van der Waals surface area contributed by atoms with Crippen molar-refractivity contribution in [3.05, 3.63) is 64.1 Å². The largest absolute Gasteiger partial charge is 0.484 e. The Morgan fingerprint density at radius 1 is 1.00 bits per heavy atom. The number of hydrogen-bond acceptors (Lipinski definition) is 2. The lowest BCUT2D eigenvalue weighted by molar-refractivity contribution is 0.198. The van der Waals surface area contributed by atoms with E-state index in [2.05, 4.69) is 31.3 Å². The van der Waals surface area contributed by atoms with Gasteiger partial charge < -0.3 is 10.1 Å². The highest BCUT2D eigenvalue weighted by Gasteiger charge is 2.14. The number of benzene rings is 2. The van der Waals surface area contributed by atoms with E-state index < -0.39 is 0 Å². The van der Waals surface area contributed by atoms with Crippen molar-refractivity contribution in [2.45, 2.75) is 26.0 Å². The Morgan fingerprint density at radius 2 is 1.62 bits per heavy atom. The van der Waals surface area contributed by atoms with Crippen molar-refractivity contribution in [1.82, 2.24) is 5.32 Å². The van der Waals surface area contributed by atoms with Crippen molar-refractivity contribution >= 4 is 23.2 Å². The Balaban J connectivity index is 2.19. The fourth-order valence-electron chi connectivity index (χ4n) is 2.00. The zero-order valence-electron chi connectivity index (χ0n) is 12.1. The van der Waals surface area contributed by atoms with E-state index in [1.165, 1.54) is 0 Å². The Kier molecular flexibility index (Phi) is 5.92. The first-order chi connectivity index (χ1) is 10.0. The highest BCUT2D eigenvalue weighted by molar-refractivity contribution is 6.34. The molecule has 0 spiro atoms. The lowest BCUT2D eigenvalue weighted by Crippen LogP contribution is -2.30. The molecule has 2 aromatic rings. The molecule has 0 saturated carbocycles. The van der Waals surface area contributed by atoms with E-state index in [1.54, 1.807) is 18.2 Å². The van der Waals surface area contributed by atoms with Gasteiger partial charge in [-0.3, -0.25) is 0 Å². The third kappa shape index (κ3) is 5.24. The molecular formula is C17H19Cl2NO. The smallest absolute Gasteiger partial charge is 0.136 e. The van der Waals surface area contributed by atoms with Gasteiger partial charge in [0.25, 0.3) is 0 Å². The van der Waals surface area contributed by atoms with Crippen LogP contribution in [0.4, 0.5) is 0 Å². The molecule has 0 aliphatic carbocycles. The zero-order valence-corrected chi connectivity index (χ0v) is 13.7. The molecule has 2 aromatic carbocycles. The van der Waals surface area contributed by atoms with Gasteiger partial charge in [-0.1, -0.05) is 67.4 Å². The maximum absolute atomic E-state index is 6.08. The van der Waals surface area contributed by atoms with Crippen LogP contribution < -0.4 is 10.1 Å². The van der Waals surface area contributed by atoms with Crippen molar-refractivity contribution in [2.24, 2.45) is 0 Å². The molecule has 1 N–H and O–H groups in total. The van der Waals surface area contributed by atoms with Gasteiger partial charge >= 0.3 is 0 Å². The van der Waals surface area contributed by atoms with Crippen molar-refractivity contribution in [2.75, 3.05) is 6.54 Å². The predicted octanol–water partition coefficient (Wildman–Crippen LogP) is 5.11. The molecule has 2 rings (SSSR count). The second-order valence-electron chi connectivity index (χ2n) is 5.19. The Hall–Kier alpha value is -1.22. The van der Waals surface area contributed by atoms with Crippen molar-refractivity contribution in [3.8, 4) is 5.75 Å². The van der Waals surface area contributed by atoms with E-state index in [9.17, 15) is 0 Å². The third-order valence-corrected chi connectivity index (χ3v) is 3.43. The summed E-state index contributed by atoms with van der Waals surface area (Å²) in [5, 5.41) is 4.54. The summed E-state index contributed by atoms with van der Waals surface area (Å²) in [5.41, 5.74) is 1.11. The van der Waals surface area contributed by atoms with Crippen LogP contribution in [0.2, 0.25) is 10.0 Å². The van der Waals surface area contributed by atoms with Gasteiger partial charge in [0.1, 0.15) is 11.9 Å². The van der Waals surface area contributed by atoms with E-state index in [4.69, 9.17) is 27.9 Å². The lowest BCUT2D eigenvalue weighted by Gasteiger charge is -2.21. The van der Waals surface area contributed by atoms with Crippen LogP contribution in [0, 0.1) is 0 Å². The molecule has 4 heteroatoms. The Bertz CT molecular complexity index is 552. The van der Waals surface area contributed by atoms with Gasteiger partial charge in [0.15, 0.2) is 0 Å². The highest BCUT2D eigenvalue weighted by Crippen LogP contribution is 2.28. The summed E-state index contributed by atoms with van der Waals surface area (Å²) in [6.45, 7) is 4.93. The lowest BCUT2D eigenvalue weighted by atomic mass is 10.1. The van der Waals surface area contributed by atoms with Gasteiger partial charge in [-0.05, 0) is 23.8 Å². The molecule has 0 aliphatic heterocycles. The first-order valence-electron chi connectivity index (χ1n) is 6.95. The van der Waals surface area contributed by atoms with E-state index in [1.807, 2.05) is 18.2 Å². The summed E-state index contributed by atoms with van der Waals surface area (Å²) >= 11 is 12.1. The fourth-order valence-corrected chi connectivity index (χ4v) is 2.50. The number of halogens is 2. The quantitative estimate of drug-likeness (QED) is 0.797. The normalized spacial score (nSPS) is 12.4. The van der Waals surface area contributed by atoms with Gasteiger partial charge in [0.2, 0.25) is 0 Å². The van der Waals surface area contributed by atoms with E-state index >= 15 is 0 Å². The highest BCUT2D eigenvalue weighted by atomic mass is 35.5. The molecule has 1 unspecified atom stereocenters. The molecule has 0 saturated heterocycles. The Morgan fingerprint density at radius 3 is 2.19 bits per heavy atom. The van der Waals surface area contributed by atoms with Crippen LogP contribution in [-0.4, -0.2) is 12.6 Å². The molecule has 21 heavy (non-hydrogen) atoms. The minimum absolute atomic E-state index is 0.0943. The average Bonchev–Trinajstić information content (AvgIpc) is 2.43. The molecule has 0 radical (unpaired) electrons. The zero-order chi connectivity index (χ0) is 15.2. The minimum Gasteiger partial charge on any atom is -0.484 e. The third-order valence-electron chi connectivity index (χ3n) is 3.00. The standard InChI is InChI=1S/C17H19Cl2NO/c1-12(2)20-11-17(13-6-4-3-5-7-13)21-16-9-14(18)8-15(19)10-16/h3-10,12,17,20H,11H2,1-2H3. The van der Waals surface area contributed by atoms with E-state index in [0.29, 0.717) is 28.4 Å². The van der Waals surface area contributed by atoms with Gasteiger partial charge in [-0.15, -0.1) is 0 Å². The maximum atomic E-state index is 6.08. The monoisotopic (exact) mass is 323 g/mol. The maximum Gasteiger partial charge on any atom is 0.136 e. The first-order valence-corrected chi connectivity index (χ1v) is 7.71. The predicted molar refractivity (Wildman–Crippen MR) is 89.4 cm³/mol. The van der Waals surface area contributed by atoms with Gasteiger partial charge in [-0.2, -0.15) is 0 Å². The molecule has 112 valence electrons. The van der Waals surface area contributed by atoms with Crippen LogP contribution in [0.25, 0.3) is 0 Å². The summed E-state index contributed by atoms with van der Waals surface area (Å²) in [6.07, 6.45) is -0.0943. The topological polar surface area (TPSA) is 21.3 Å². The minimum atomic E-state index is -0.0943. The summed E-state index contributed by atoms with van der Waals surface area (Å²) in [7, 11) is 0. The van der Waals surface area contributed by atoms with Crippen LogP contribution in [-0.2, 0) is 0 Å². The second kappa shape index (κ2) is 7.69. The molecule has 0 amide bonds. The summed E-state index contributed by atoms with van der Waals surface area (Å²) < 4.78 is 6.08. The SMILES string of the molecule is CC(C)NCC(Oc1cc(Cl)cc(Cl)c1)c1ccccc1. The summed E-state index contributed by atoms with van der Waals surface area (Å²) in [6, 6.07) is 15.8. The van der Waals surface area contributed by atoms with E-state index in [0.717, 1.165) is 5.56 Å². The summed E-state index contributed by atoms with van der Waals surface area (Å²) in [5.74, 6) is 0.673. The van der Waals surface area contributed by atoms with Crippen molar-refractivity contribution in [1.29, 1.82) is 0 Å². The Labute approximate surface area is 136 Å². The van der Waals surface area contributed by atoms with Crippen molar-refractivity contribution < 1.29 is 4.74 Å². The van der Waals surface area contributed by atoms with Crippen molar-refractivity contribution in [3.63, 3.8) is 0 Å². The van der Waals surface area contributed by atoms with Crippen LogP contribution in [0.3, 0.4) is 0 Å². The number of hydrogen-bond donors (Lipinski definition) is 1. The molecular weight excluding hydrogens is 305 g/mol. The molecule has 0 fully saturated rings. The van der Waals surface area contributed by atoms with Crippen LogP contribution >= 0.6 is 23.2 Å². The van der Waals surface area contributed by atoms with Gasteiger partial charge in [0, 0.05) is 22.6 Å². The van der Waals surface area contributed by atoms with Crippen LogP contribution in [0.5, 0.6) is 5.75 Å².